The Hall–Kier alpha value is -3.31. The molecular formula is C24H24ClN5O2. The Kier molecular flexibility index (Phi) is 6.47. The summed E-state index contributed by atoms with van der Waals surface area (Å²) in [5.41, 5.74) is 3.29. The van der Waals surface area contributed by atoms with Crippen LogP contribution in [0, 0.1) is 11.8 Å². The van der Waals surface area contributed by atoms with Gasteiger partial charge in [0.05, 0.1) is 11.6 Å². The Morgan fingerprint density at radius 3 is 2.75 bits per heavy atom. The molecule has 164 valence electrons. The first-order valence-electron chi connectivity index (χ1n) is 10.3. The van der Waals surface area contributed by atoms with Gasteiger partial charge in [0.1, 0.15) is 11.4 Å². The monoisotopic (exact) mass is 449 g/mol. The van der Waals surface area contributed by atoms with Crippen molar-refractivity contribution in [2.75, 3.05) is 32.0 Å². The lowest BCUT2D eigenvalue weighted by Gasteiger charge is -2.29. The van der Waals surface area contributed by atoms with Gasteiger partial charge in [0.25, 0.3) is 0 Å². The van der Waals surface area contributed by atoms with E-state index >= 15 is 0 Å². The standard InChI is InChI=1S/C24H24ClN5O2/c1-29-12-11-26-21(15-29)24(32)27-19-8-4-16(5-9-19)3-6-17-14-30(2)28-23(17)20-13-18(25)7-10-22(20)31/h4-5,7-10,13-14,21,26,31H,11-12,15H2,1-2H3,(H,27,32)/t21-/m0/s1. The second-order valence-corrected chi connectivity index (χ2v) is 8.25. The Balaban J connectivity index is 1.49. The maximum absolute atomic E-state index is 12.5. The van der Waals surface area contributed by atoms with Gasteiger partial charge in [-0.05, 0) is 49.5 Å². The number of carbonyl (C=O) groups is 1. The Labute approximate surface area is 192 Å². The number of hydrogen-bond donors (Lipinski definition) is 3. The van der Waals surface area contributed by atoms with Gasteiger partial charge in [-0.3, -0.25) is 9.48 Å². The molecule has 1 aromatic heterocycles. The number of aromatic nitrogens is 2. The fraction of sp³-hybridized carbons (Fsp3) is 0.250. The SMILES string of the molecule is CN1CCN[C@H](C(=O)Nc2ccc(C#Cc3cn(C)nc3-c3cc(Cl)ccc3O)cc2)C1. The number of rotatable bonds is 3. The van der Waals surface area contributed by atoms with Crippen molar-refractivity contribution in [3.05, 3.63) is 64.8 Å². The molecule has 2 heterocycles. The lowest BCUT2D eigenvalue weighted by molar-refractivity contribution is -0.119. The van der Waals surface area contributed by atoms with Gasteiger partial charge in [-0.1, -0.05) is 23.4 Å². The number of phenolic OH excluding ortho intramolecular Hbond substituents is 1. The summed E-state index contributed by atoms with van der Waals surface area (Å²) in [7, 11) is 3.81. The largest absolute Gasteiger partial charge is 0.507 e. The molecular weight excluding hydrogens is 426 g/mol. The van der Waals surface area contributed by atoms with Gasteiger partial charge in [-0.15, -0.1) is 0 Å². The third-order valence-corrected chi connectivity index (χ3v) is 5.47. The molecule has 1 atom stereocenters. The summed E-state index contributed by atoms with van der Waals surface area (Å²) in [5.74, 6) is 6.29. The van der Waals surface area contributed by atoms with Crippen LogP contribution in [0.25, 0.3) is 11.3 Å². The Morgan fingerprint density at radius 2 is 2.00 bits per heavy atom. The van der Waals surface area contributed by atoms with Crippen LogP contribution in [0.3, 0.4) is 0 Å². The van der Waals surface area contributed by atoms with Gasteiger partial charge in [0.2, 0.25) is 5.91 Å². The fourth-order valence-corrected chi connectivity index (χ4v) is 3.73. The van der Waals surface area contributed by atoms with Crippen LogP contribution < -0.4 is 10.6 Å². The smallest absolute Gasteiger partial charge is 0.242 e. The quantitative estimate of drug-likeness (QED) is 0.535. The molecule has 8 heteroatoms. The first-order chi connectivity index (χ1) is 15.4. The van der Waals surface area contributed by atoms with Crippen molar-refractivity contribution in [3.8, 4) is 28.8 Å². The van der Waals surface area contributed by atoms with Gasteiger partial charge in [0, 0.05) is 54.7 Å². The van der Waals surface area contributed by atoms with Crippen LogP contribution in [-0.4, -0.2) is 58.4 Å². The molecule has 0 spiro atoms. The molecule has 0 unspecified atom stereocenters. The first-order valence-corrected chi connectivity index (χ1v) is 10.6. The fourth-order valence-electron chi connectivity index (χ4n) is 3.56. The Bertz CT molecular complexity index is 1190. The number of amides is 1. The van der Waals surface area contributed by atoms with Crippen LogP contribution in [0.2, 0.25) is 5.02 Å². The molecule has 7 nitrogen and oxygen atoms in total. The molecule has 1 aliphatic rings. The minimum atomic E-state index is -0.222. The minimum Gasteiger partial charge on any atom is -0.507 e. The van der Waals surface area contributed by atoms with E-state index in [4.69, 9.17) is 11.6 Å². The lowest BCUT2D eigenvalue weighted by atomic mass is 10.1. The maximum atomic E-state index is 12.5. The summed E-state index contributed by atoms with van der Waals surface area (Å²) in [4.78, 5) is 14.6. The van der Waals surface area contributed by atoms with E-state index < -0.39 is 0 Å². The topological polar surface area (TPSA) is 82.4 Å². The molecule has 1 aliphatic heterocycles. The van der Waals surface area contributed by atoms with Crippen molar-refractivity contribution in [2.45, 2.75) is 6.04 Å². The summed E-state index contributed by atoms with van der Waals surface area (Å²) in [6.07, 6.45) is 1.80. The zero-order valence-electron chi connectivity index (χ0n) is 17.9. The van der Waals surface area contributed by atoms with E-state index in [0.717, 1.165) is 24.3 Å². The van der Waals surface area contributed by atoms with Crippen LogP contribution >= 0.6 is 11.6 Å². The number of piperazine rings is 1. The van der Waals surface area contributed by atoms with E-state index in [9.17, 15) is 9.90 Å². The zero-order valence-corrected chi connectivity index (χ0v) is 18.6. The molecule has 1 fully saturated rings. The number of aryl methyl sites for hydroxylation is 1. The van der Waals surface area contributed by atoms with Crippen molar-refractivity contribution in [1.29, 1.82) is 0 Å². The van der Waals surface area contributed by atoms with Crippen LogP contribution in [0.15, 0.2) is 48.7 Å². The van der Waals surface area contributed by atoms with Crippen LogP contribution in [0.1, 0.15) is 11.1 Å². The van der Waals surface area contributed by atoms with Crippen molar-refractivity contribution in [2.24, 2.45) is 7.05 Å². The summed E-state index contributed by atoms with van der Waals surface area (Å²) in [6.45, 7) is 2.42. The predicted octanol–water partition coefficient (Wildman–Crippen LogP) is 2.69. The van der Waals surface area contributed by atoms with E-state index in [0.29, 0.717) is 28.4 Å². The summed E-state index contributed by atoms with van der Waals surface area (Å²) in [6, 6.07) is 12.0. The zero-order chi connectivity index (χ0) is 22.7. The molecule has 1 amide bonds. The average Bonchev–Trinajstić information content (AvgIpc) is 3.15. The number of halogens is 1. The third kappa shape index (κ3) is 5.11. The third-order valence-electron chi connectivity index (χ3n) is 5.23. The van der Waals surface area contributed by atoms with Gasteiger partial charge in [-0.25, -0.2) is 0 Å². The number of phenols is 1. The van der Waals surface area contributed by atoms with Crippen molar-refractivity contribution < 1.29 is 9.90 Å². The number of nitrogens with one attached hydrogen (secondary N) is 2. The molecule has 3 aromatic rings. The Morgan fingerprint density at radius 1 is 1.22 bits per heavy atom. The highest BCUT2D eigenvalue weighted by Gasteiger charge is 2.23. The molecule has 0 radical (unpaired) electrons. The van der Waals surface area contributed by atoms with Crippen molar-refractivity contribution >= 4 is 23.2 Å². The number of anilines is 1. The van der Waals surface area contributed by atoms with E-state index in [-0.39, 0.29) is 17.7 Å². The molecule has 2 aromatic carbocycles. The number of benzene rings is 2. The van der Waals surface area contributed by atoms with Gasteiger partial charge < -0.3 is 20.6 Å². The van der Waals surface area contributed by atoms with E-state index in [1.54, 1.807) is 30.1 Å². The number of carbonyl (C=O) groups excluding carboxylic acids is 1. The highest BCUT2D eigenvalue weighted by atomic mass is 35.5. The van der Waals surface area contributed by atoms with Crippen molar-refractivity contribution in [1.82, 2.24) is 20.0 Å². The van der Waals surface area contributed by atoms with E-state index in [1.165, 1.54) is 6.07 Å². The van der Waals surface area contributed by atoms with Crippen LogP contribution in [-0.2, 0) is 11.8 Å². The van der Waals surface area contributed by atoms with E-state index in [2.05, 4.69) is 32.5 Å². The van der Waals surface area contributed by atoms with Crippen molar-refractivity contribution in [3.63, 3.8) is 0 Å². The molecule has 0 aliphatic carbocycles. The average molecular weight is 450 g/mol. The second kappa shape index (κ2) is 9.45. The van der Waals surface area contributed by atoms with Crippen LogP contribution in [0.5, 0.6) is 5.75 Å². The van der Waals surface area contributed by atoms with Crippen LogP contribution in [0.4, 0.5) is 5.69 Å². The second-order valence-electron chi connectivity index (χ2n) is 7.81. The molecule has 1 saturated heterocycles. The molecule has 32 heavy (non-hydrogen) atoms. The van der Waals surface area contributed by atoms with Gasteiger partial charge >= 0.3 is 0 Å². The first kappa shape index (κ1) is 21.9. The number of likely N-dealkylation sites (N-methyl/N-ethyl adjacent to an activating group) is 1. The number of aromatic hydroxyl groups is 1. The molecule has 3 N–H and O–H groups in total. The predicted molar refractivity (Wildman–Crippen MR) is 126 cm³/mol. The highest BCUT2D eigenvalue weighted by molar-refractivity contribution is 6.31. The molecule has 0 saturated carbocycles. The normalized spacial score (nSPS) is 16.3. The molecule has 0 bridgehead atoms. The van der Waals surface area contributed by atoms with E-state index in [1.807, 2.05) is 31.3 Å². The lowest BCUT2D eigenvalue weighted by Crippen LogP contribution is -2.54. The summed E-state index contributed by atoms with van der Waals surface area (Å²) in [5, 5.41) is 21.3. The number of nitrogens with zero attached hydrogens (tertiary/aromatic N) is 3. The highest BCUT2D eigenvalue weighted by Crippen LogP contribution is 2.32. The minimum absolute atomic E-state index is 0.0447. The summed E-state index contributed by atoms with van der Waals surface area (Å²) < 4.78 is 1.65. The van der Waals surface area contributed by atoms with Gasteiger partial charge in [-0.2, -0.15) is 5.10 Å². The summed E-state index contributed by atoms with van der Waals surface area (Å²) >= 11 is 6.09. The maximum Gasteiger partial charge on any atom is 0.242 e. The molecule has 4 rings (SSSR count). The number of hydrogen-bond acceptors (Lipinski definition) is 5. The van der Waals surface area contributed by atoms with Gasteiger partial charge in [0.15, 0.2) is 0 Å².